The summed E-state index contributed by atoms with van der Waals surface area (Å²) in [6.45, 7) is 0.581. The predicted octanol–water partition coefficient (Wildman–Crippen LogP) is 3.55. The molecule has 4 nitrogen and oxygen atoms in total. The smallest absolute Gasteiger partial charge is 0.127 e. The van der Waals surface area contributed by atoms with Gasteiger partial charge in [-0.15, -0.1) is 0 Å². The van der Waals surface area contributed by atoms with Gasteiger partial charge in [-0.05, 0) is 24.3 Å². The molecule has 0 saturated heterocycles. The number of para-hydroxylation sites is 1. The lowest BCUT2D eigenvalue weighted by Crippen LogP contribution is -2.04. The Kier molecular flexibility index (Phi) is 4.58. The molecule has 0 aliphatic heterocycles. The van der Waals surface area contributed by atoms with E-state index in [4.69, 9.17) is 26.8 Å². The minimum Gasteiger partial charge on any atom is -0.497 e. The van der Waals surface area contributed by atoms with E-state index in [2.05, 4.69) is 5.32 Å². The van der Waals surface area contributed by atoms with Gasteiger partial charge in [-0.2, -0.15) is 0 Å². The van der Waals surface area contributed by atoms with E-state index in [-0.39, 0.29) is 0 Å². The summed E-state index contributed by atoms with van der Waals surface area (Å²) in [6.07, 6.45) is 0. The van der Waals surface area contributed by atoms with Crippen LogP contribution in [0, 0.1) is 0 Å². The van der Waals surface area contributed by atoms with Gasteiger partial charge in [-0.3, -0.25) is 0 Å². The lowest BCUT2D eigenvalue weighted by Gasteiger charge is -2.13. The Morgan fingerprint density at radius 2 is 1.95 bits per heavy atom. The molecule has 0 saturated carbocycles. The van der Waals surface area contributed by atoms with Crippen LogP contribution >= 0.6 is 11.6 Å². The second-order valence-electron chi connectivity index (χ2n) is 4.23. The highest BCUT2D eigenvalue weighted by Gasteiger charge is 2.07. The van der Waals surface area contributed by atoms with Crippen molar-refractivity contribution in [3.05, 3.63) is 47.0 Å². The van der Waals surface area contributed by atoms with Crippen LogP contribution in [0.2, 0.25) is 5.02 Å². The molecule has 20 heavy (non-hydrogen) atoms. The summed E-state index contributed by atoms with van der Waals surface area (Å²) in [4.78, 5) is 0. The fourth-order valence-corrected chi connectivity index (χ4v) is 2.05. The molecular weight excluding hydrogens is 276 g/mol. The summed E-state index contributed by atoms with van der Waals surface area (Å²) in [5, 5.41) is 3.79. The number of anilines is 2. The van der Waals surface area contributed by atoms with Gasteiger partial charge in [-0.1, -0.05) is 17.7 Å². The number of nitrogen functional groups attached to an aromatic ring is 1. The number of benzene rings is 2. The molecule has 0 amide bonds. The Labute approximate surface area is 123 Å². The van der Waals surface area contributed by atoms with Gasteiger partial charge in [-0.25, -0.2) is 0 Å². The second-order valence-corrected chi connectivity index (χ2v) is 4.64. The highest BCUT2D eigenvalue weighted by Crippen LogP contribution is 2.29. The quantitative estimate of drug-likeness (QED) is 0.828. The lowest BCUT2D eigenvalue weighted by molar-refractivity contribution is 0.391. The van der Waals surface area contributed by atoms with Crippen molar-refractivity contribution in [1.29, 1.82) is 0 Å². The largest absolute Gasteiger partial charge is 0.497 e. The Balaban J connectivity index is 2.16. The van der Waals surface area contributed by atoms with Crippen LogP contribution in [-0.4, -0.2) is 14.2 Å². The van der Waals surface area contributed by atoms with Crippen molar-refractivity contribution in [2.75, 3.05) is 25.3 Å². The summed E-state index contributed by atoms with van der Waals surface area (Å²) < 4.78 is 10.5. The molecule has 0 aromatic heterocycles. The molecule has 0 unspecified atom stereocenters. The molecule has 0 aliphatic rings. The molecule has 0 atom stereocenters. The zero-order valence-electron chi connectivity index (χ0n) is 11.4. The molecule has 0 radical (unpaired) electrons. The Morgan fingerprint density at radius 1 is 1.15 bits per heavy atom. The van der Waals surface area contributed by atoms with E-state index >= 15 is 0 Å². The van der Waals surface area contributed by atoms with Crippen molar-refractivity contribution in [2.45, 2.75) is 6.54 Å². The topological polar surface area (TPSA) is 56.5 Å². The average Bonchev–Trinajstić information content (AvgIpc) is 2.48. The molecule has 2 rings (SSSR count). The highest BCUT2D eigenvalue weighted by atomic mass is 35.5. The standard InChI is InChI=1S/C15H17ClN2O2/c1-19-11-7-6-10(14(8-11)20-2)9-18-13-5-3-4-12(16)15(13)17/h3-8,18H,9,17H2,1-2H3. The molecule has 0 bridgehead atoms. The first-order valence-electron chi connectivity index (χ1n) is 6.14. The van der Waals surface area contributed by atoms with Crippen LogP contribution in [0.1, 0.15) is 5.56 Å². The van der Waals surface area contributed by atoms with Crippen LogP contribution in [-0.2, 0) is 6.54 Å². The summed E-state index contributed by atoms with van der Waals surface area (Å²) >= 11 is 5.99. The van der Waals surface area contributed by atoms with Crippen molar-refractivity contribution in [3.8, 4) is 11.5 Å². The van der Waals surface area contributed by atoms with Crippen molar-refractivity contribution >= 4 is 23.0 Å². The average molecular weight is 293 g/mol. The molecule has 5 heteroatoms. The number of rotatable bonds is 5. The van der Waals surface area contributed by atoms with Gasteiger partial charge in [0.05, 0.1) is 30.6 Å². The van der Waals surface area contributed by atoms with E-state index in [0.717, 1.165) is 22.7 Å². The molecule has 0 heterocycles. The van der Waals surface area contributed by atoms with Crippen molar-refractivity contribution in [2.24, 2.45) is 0 Å². The van der Waals surface area contributed by atoms with E-state index in [1.165, 1.54) is 0 Å². The minimum atomic E-state index is 0.539. The highest BCUT2D eigenvalue weighted by molar-refractivity contribution is 6.33. The van der Waals surface area contributed by atoms with Crippen LogP contribution in [0.25, 0.3) is 0 Å². The minimum absolute atomic E-state index is 0.539. The SMILES string of the molecule is COc1ccc(CNc2cccc(Cl)c2N)c(OC)c1. The Hall–Kier alpha value is -2.07. The van der Waals surface area contributed by atoms with Crippen molar-refractivity contribution < 1.29 is 9.47 Å². The summed E-state index contributed by atoms with van der Waals surface area (Å²) in [7, 11) is 3.26. The van der Waals surface area contributed by atoms with Gasteiger partial charge in [0, 0.05) is 18.2 Å². The van der Waals surface area contributed by atoms with Crippen molar-refractivity contribution in [1.82, 2.24) is 0 Å². The van der Waals surface area contributed by atoms with E-state index in [1.54, 1.807) is 20.3 Å². The van der Waals surface area contributed by atoms with Crippen LogP contribution in [0.5, 0.6) is 11.5 Å². The lowest BCUT2D eigenvalue weighted by atomic mass is 10.1. The zero-order valence-corrected chi connectivity index (χ0v) is 12.2. The van der Waals surface area contributed by atoms with Crippen LogP contribution < -0.4 is 20.5 Å². The third-order valence-electron chi connectivity index (χ3n) is 3.02. The molecule has 0 aliphatic carbocycles. The third kappa shape index (κ3) is 3.08. The van der Waals surface area contributed by atoms with Gasteiger partial charge in [0.15, 0.2) is 0 Å². The number of methoxy groups -OCH3 is 2. The molecule has 0 spiro atoms. The zero-order chi connectivity index (χ0) is 14.5. The number of hydrogen-bond acceptors (Lipinski definition) is 4. The van der Waals surface area contributed by atoms with Crippen molar-refractivity contribution in [3.63, 3.8) is 0 Å². The summed E-state index contributed by atoms with van der Waals surface area (Å²) in [5.74, 6) is 1.52. The van der Waals surface area contributed by atoms with Gasteiger partial charge in [0.2, 0.25) is 0 Å². The van der Waals surface area contributed by atoms with E-state index in [1.807, 2.05) is 30.3 Å². The van der Waals surface area contributed by atoms with Crippen LogP contribution in [0.3, 0.4) is 0 Å². The van der Waals surface area contributed by atoms with Gasteiger partial charge >= 0.3 is 0 Å². The molecule has 106 valence electrons. The number of hydrogen-bond donors (Lipinski definition) is 2. The normalized spacial score (nSPS) is 10.2. The van der Waals surface area contributed by atoms with E-state index < -0.39 is 0 Å². The Morgan fingerprint density at radius 3 is 2.65 bits per heavy atom. The monoisotopic (exact) mass is 292 g/mol. The van der Waals surface area contributed by atoms with Crippen LogP contribution in [0.4, 0.5) is 11.4 Å². The maximum atomic E-state index is 5.99. The van der Waals surface area contributed by atoms with Gasteiger partial charge in [0.25, 0.3) is 0 Å². The predicted molar refractivity (Wildman–Crippen MR) is 82.7 cm³/mol. The van der Waals surface area contributed by atoms with E-state index in [9.17, 15) is 0 Å². The molecule has 0 fully saturated rings. The van der Waals surface area contributed by atoms with Gasteiger partial charge in [0.1, 0.15) is 11.5 Å². The fourth-order valence-electron chi connectivity index (χ4n) is 1.88. The number of nitrogens with one attached hydrogen (secondary N) is 1. The fraction of sp³-hybridized carbons (Fsp3) is 0.200. The molecular formula is C15H17ClN2O2. The number of nitrogens with two attached hydrogens (primary N) is 1. The molecule has 2 aromatic carbocycles. The Bertz CT molecular complexity index is 602. The number of halogens is 1. The summed E-state index contributed by atoms with van der Waals surface area (Å²) in [5.41, 5.74) is 8.27. The maximum absolute atomic E-state index is 5.99. The summed E-state index contributed by atoms with van der Waals surface area (Å²) in [6, 6.07) is 11.2. The third-order valence-corrected chi connectivity index (χ3v) is 3.35. The second kappa shape index (κ2) is 6.39. The number of ether oxygens (including phenoxy) is 2. The maximum Gasteiger partial charge on any atom is 0.127 e. The van der Waals surface area contributed by atoms with Gasteiger partial charge < -0.3 is 20.5 Å². The molecule has 3 N–H and O–H groups in total. The first-order chi connectivity index (χ1) is 9.65. The van der Waals surface area contributed by atoms with Crippen LogP contribution in [0.15, 0.2) is 36.4 Å². The first-order valence-corrected chi connectivity index (χ1v) is 6.52. The van der Waals surface area contributed by atoms with E-state index in [0.29, 0.717) is 17.3 Å². The molecule has 2 aromatic rings. The first kappa shape index (κ1) is 14.3.